The molecule has 5 atom stereocenters. The molecule has 1 amide bonds. The van der Waals surface area contributed by atoms with Gasteiger partial charge in [-0.2, -0.15) is 0 Å². The largest absolute Gasteiger partial charge is 0.353 e. The van der Waals surface area contributed by atoms with Crippen LogP contribution < -0.4 is 21.5 Å². The number of fused-ring (bicyclic) bond motifs is 3. The van der Waals surface area contributed by atoms with Crippen LogP contribution in [0.3, 0.4) is 0 Å². The fraction of sp³-hybridized carbons (Fsp3) is 0.543. The maximum atomic E-state index is 13.9. The molecule has 1 aromatic heterocycles. The van der Waals surface area contributed by atoms with Crippen LogP contribution in [0.5, 0.6) is 0 Å². The number of aliphatic imine (C=N–C) groups is 1. The Kier molecular flexibility index (Phi) is 8.20. The summed E-state index contributed by atoms with van der Waals surface area (Å²) < 4.78 is 1.71. The lowest BCUT2D eigenvalue weighted by Gasteiger charge is -2.62. The van der Waals surface area contributed by atoms with Crippen LogP contribution in [0.4, 0.5) is 11.6 Å². The van der Waals surface area contributed by atoms with Crippen molar-refractivity contribution in [2.45, 2.75) is 84.5 Å². The molecule has 2 aromatic carbocycles. The number of piperazine rings is 1. The molecule has 4 aliphatic carbocycles. The minimum absolute atomic E-state index is 0.00895. The fourth-order valence-electron chi connectivity index (χ4n) is 7.88. The predicted octanol–water partition coefficient (Wildman–Crippen LogP) is 5.99. The zero-order valence-electron chi connectivity index (χ0n) is 26.9. The molecule has 46 heavy (non-hydrogen) atoms. The Hall–Kier alpha value is -3.30. The van der Waals surface area contributed by atoms with Crippen LogP contribution in [0, 0.1) is 23.2 Å². The van der Waals surface area contributed by atoms with Gasteiger partial charge in [-0.1, -0.05) is 50.0 Å². The summed E-state index contributed by atoms with van der Waals surface area (Å²) >= 11 is 12.5. The lowest BCUT2D eigenvalue weighted by atomic mass is 9.45. The molecular formula is C35H43Cl2N7O2. The van der Waals surface area contributed by atoms with E-state index in [1.807, 2.05) is 37.3 Å². The molecule has 11 heteroatoms. The topological polar surface area (TPSA) is 104 Å². The summed E-state index contributed by atoms with van der Waals surface area (Å²) in [7, 11) is 0. The van der Waals surface area contributed by atoms with Crippen LogP contribution in [-0.2, 0) is 17.8 Å². The van der Waals surface area contributed by atoms with E-state index in [4.69, 9.17) is 33.2 Å². The van der Waals surface area contributed by atoms with E-state index in [0.29, 0.717) is 87.3 Å². The molecule has 244 valence electrons. The van der Waals surface area contributed by atoms with Gasteiger partial charge in [0.05, 0.1) is 23.1 Å². The van der Waals surface area contributed by atoms with Crippen molar-refractivity contribution in [1.82, 2.24) is 25.1 Å². The van der Waals surface area contributed by atoms with E-state index in [1.54, 1.807) is 10.6 Å². The second-order valence-electron chi connectivity index (χ2n) is 14.5. The van der Waals surface area contributed by atoms with Crippen LogP contribution in [0.15, 0.2) is 46.2 Å². The number of anilines is 1. The lowest BCUT2D eigenvalue weighted by molar-refractivity contribution is -0.124. The molecule has 5 fully saturated rings. The molecule has 2 heterocycles. The highest BCUT2D eigenvalue weighted by molar-refractivity contribution is 6.35. The molecular weight excluding hydrogens is 621 g/mol. The third-order valence-electron chi connectivity index (χ3n) is 10.9. The summed E-state index contributed by atoms with van der Waals surface area (Å²) in [5.41, 5.74) is 2.48. The van der Waals surface area contributed by atoms with E-state index in [0.717, 1.165) is 24.8 Å². The number of nitrogens with one attached hydrogen (secondary N) is 3. The third-order valence-corrected chi connectivity index (χ3v) is 11.5. The first-order valence-electron chi connectivity index (χ1n) is 16.6. The summed E-state index contributed by atoms with van der Waals surface area (Å²) in [6.45, 7) is 10.5. The van der Waals surface area contributed by atoms with Crippen molar-refractivity contribution in [2.75, 3.05) is 18.4 Å². The molecule has 0 spiro atoms. The first-order valence-corrected chi connectivity index (χ1v) is 17.4. The normalized spacial score (nSPS) is 27.3. The standard InChI is InChI=1S/C35H43Cl2N7O2/c1-19-17-43(18-31(45)38-19)33(41-29-14-22-13-27(20(29)2)35(22,3)4)40-25-9-10-26-30(16-25)42-34(39-24-7-8-24)44(32(26)46)12-11-21-5-6-23(36)15-28(21)37/h5-6,9-10,15-16,19-20,22,24,27,29H,7-8,11-14,17-18H2,1-4H3,(H,38,45)(H,39,42)(H,40,41)/t19-,20+,22-,27-,29-/m0/s1. The number of halogens is 2. The highest BCUT2D eigenvalue weighted by Crippen LogP contribution is 2.61. The van der Waals surface area contributed by atoms with Crippen molar-refractivity contribution < 1.29 is 4.79 Å². The molecule has 3 aromatic rings. The predicted molar refractivity (Wildman–Crippen MR) is 185 cm³/mol. The van der Waals surface area contributed by atoms with Gasteiger partial charge >= 0.3 is 0 Å². The van der Waals surface area contributed by atoms with Gasteiger partial charge in [0.25, 0.3) is 5.56 Å². The Labute approximate surface area is 280 Å². The summed E-state index contributed by atoms with van der Waals surface area (Å²) in [5.74, 6) is 3.12. The second-order valence-corrected chi connectivity index (χ2v) is 15.3. The lowest BCUT2D eigenvalue weighted by Crippen LogP contribution is -2.63. The quantitative estimate of drug-likeness (QED) is 0.212. The van der Waals surface area contributed by atoms with Gasteiger partial charge in [0.1, 0.15) is 0 Å². The van der Waals surface area contributed by atoms with Gasteiger partial charge < -0.3 is 20.9 Å². The summed E-state index contributed by atoms with van der Waals surface area (Å²) in [6.07, 6.45) is 5.06. The van der Waals surface area contributed by atoms with Crippen LogP contribution in [-0.4, -0.2) is 57.5 Å². The number of nitrogens with zero attached hydrogens (tertiary/aromatic N) is 4. The zero-order chi connectivity index (χ0) is 32.3. The first-order chi connectivity index (χ1) is 22.0. The van der Waals surface area contributed by atoms with Crippen molar-refractivity contribution >= 4 is 57.6 Å². The number of aryl methyl sites for hydroxylation is 1. The van der Waals surface area contributed by atoms with Gasteiger partial charge in [-0.05, 0) is 98.1 Å². The van der Waals surface area contributed by atoms with Crippen LogP contribution in [0.1, 0.15) is 58.9 Å². The molecule has 0 unspecified atom stereocenters. The number of benzene rings is 2. The Morgan fingerprint density at radius 3 is 2.61 bits per heavy atom. The number of carbonyl (C=O) groups excluding carboxylic acids is 1. The van der Waals surface area contributed by atoms with Gasteiger partial charge in [0.2, 0.25) is 11.9 Å². The monoisotopic (exact) mass is 663 g/mol. The van der Waals surface area contributed by atoms with Crippen molar-refractivity contribution in [3.05, 3.63) is 62.4 Å². The SMILES string of the molecule is C[C@H]1[C@@H](NC(=Nc2ccc3c(=O)n(CCc4ccc(Cl)cc4Cl)c(NC4CC4)nc3c2)N2CC(=O)N[C@@H](C)C2)C[C@@H]2C[C@@H]1C2(C)C. The van der Waals surface area contributed by atoms with Gasteiger partial charge in [-0.25, -0.2) is 9.98 Å². The van der Waals surface area contributed by atoms with Gasteiger partial charge in [0, 0.05) is 41.3 Å². The Morgan fingerprint density at radius 1 is 1.11 bits per heavy atom. The van der Waals surface area contributed by atoms with Crippen molar-refractivity contribution in [3.8, 4) is 0 Å². The summed E-state index contributed by atoms with van der Waals surface area (Å²) in [5, 5.41) is 12.0. The Bertz CT molecular complexity index is 1770. The minimum Gasteiger partial charge on any atom is -0.353 e. The van der Waals surface area contributed by atoms with Crippen LogP contribution >= 0.6 is 23.2 Å². The number of amides is 1. The molecule has 8 rings (SSSR count). The highest BCUT2D eigenvalue weighted by atomic mass is 35.5. The molecule has 4 saturated carbocycles. The van der Waals surface area contributed by atoms with E-state index in [9.17, 15) is 9.59 Å². The van der Waals surface area contributed by atoms with Crippen molar-refractivity contribution in [3.63, 3.8) is 0 Å². The molecule has 2 bridgehead atoms. The number of hydrogen-bond acceptors (Lipinski definition) is 5. The maximum absolute atomic E-state index is 13.9. The Balaban J connectivity index is 1.21. The summed E-state index contributed by atoms with van der Waals surface area (Å²) in [4.78, 5) is 38.6. The van der Waals surface area contributed by atoms with Crippen LogP contribution in [0.25, 0.3) is 10.9 Å². The third kappa shape index (κ3) is 6.08. The summed E-state index contributed by atoms with van der Waals surface area (Å²) in [6, 6.07) is 11.6. The molecule has 1 saturated heterocycles. The van der Waals surface area contributed by atoms with E-state index in [1.165, 1.54) is 6.42 Å². The van der Waals surface area contributed by atoms with Gasteiger partial charge in [-0.3, -0.25) is 14.2 Å². The van der Waals surface area contributed by atoms with E-state index >= 15 is 0 Å². The van der Waals surface area contributed by atoms with Crippen molar-refractivity contribution in [2.24, 2.45) is 28.2 Å². The fourth-order valence-corrected chi connectivity index (χ4v) is 8.39. The number of guanidine groups is 1. The van der Waals surface area contributed by atoms with E-state index < -0.39 is 0 Å². The van der Waals surface area contributed by atoms with E-state index in [-0.39, 0.29) is 30.1 Å². The average molecular weight is 665 g/mol. The molecule has 9 nitrogen and oxygen atoms in total. The van der Waals surface area contributed by atoms with Gasteiger partial charge in [-0.15, -0.1) is 0 Å². The second kappa shape index (κ2) is 12.1. The highest BCUT2D eigenvalue weighted by Gasteiger charge is 2.56. The average Bonchev–Trinajstić information content (AvgIpc) is 3.81. The molecule has 0 radical (unpaired) electrons. The van der Waals surface area contributed by atoms with E-state index in [2.05, 4.69) is 41.6 Å². The molecule has 1 aliphatic heterocycles. The van der Waals surface area contributed by atoms with Gasteiger partial charge in [0.15, 0.2) is 5.96 Å². The Morgan fingerprint density at radius 2 is 1.91 bits per heavy atom. The molecule has 3 N–H and O–H groups in total. The first kappa shape index (κ1) is 31.3. The zero-order valence-corrected chi connectivity index (χ0v) is 28.5. The van der Waals surface area contributed by atoms with Crippen molar-refractivity contribution in [1.29, 1.82) is 0 Å². The number of aromatic nitrogens is 2. The number of carbonyl (C=O) groups is 1. The molecule has 5 aliphatic rings. The smallest absolute Gasteiger partial charge is 0.262 e. The number of hydrogen-bond donors (Lipinski definition) is 3. The van der Waals surface area contributed by atoms with Crippen LogP contribution in [0.2, 0.25) is 10.0 Å². The minimum atomic E-state index is -0.105. The maximum Gasteiger partial charge on any atom is 0.262 e. The number of rotatable bonds is 7.